The molecule has 2 aliphatic rings. The van der Waals surface area contributed by atoms with Gasteiger partial charge in [-0.05, 0) is 42.9 Å². The van der Waals surface area contributed by atoms with Crippen molar-refractivity contribution in [2.45, 2.75) is 31.7 Å². The number of nitrogens with one attached hydrogen (secondary N) is 1. The summed E-state index contributed by atoms with van der Waals surface area (Å²) >= 11 is 3.51. The molecule has 1 aromatic rings. The van der Waals surface area contributed by atoms with E-state index >= 15 is 0 Å². The van der Waals surface area contributed by atoms with Crippen LogP contribution < -0.4 is 5.32 Å². The summed E-state index contributed by atoms with van der Waals surface area (Å²) in [6.45, 7) is 0. The summed E-state index contributed by atoms with van der Waals surface area (Å²) in [6.07, 6.45) is 5.51. The van der Waals surface area contributed by atoms with Crippen molar-refractivity contribution in [3.05, 3.63) is 28.2 Å². The number of benzene rings is 1. The summed E-state index contributed by atoms with van der Waals surface area (Å²) in [4.78, 5) is 0. The smallest absolute Gasteiger partial charge is 0.0387 e. The normalized spacial score (nSPS) is 25.4. The highest BCUT2D eigenvalue weighted by Gasteiger charge is 2.31. The average Bonchev–Trinajstić information content (AvgIpc) is 2.43. The van der Waals surface area contributed by atoms with Gasteiger partial charge in [0.2, 0.25) is 0 Å². The minimum Gasteiger partial charge on any atom is -0.381 e. The summed E-state index contributed by atoms with van der Waals surface area (Å²) < 4.78 is 1.18. The maximum Gasteiger partial charge on any atom is 0.0387 e. The Morgan fingerprint density at radius 2 is 2.14 bits per heavy atom. The molecule has 1 unspecified atom stereocenters. The van der Waals surface area contributed by atoms with E-state index in [1.54, 1.807) is 0 Å². The van der Waals surface area contributed by atoms with Gasteiger partial charge in [0.05, 0.1) is 0 Å². The van der Waals surface area contributed by atoms with Gasteiger partial charge in [-0.15, -0.1) is 0 Å². The first kappa shape index (κ1) is 8.78. The predicted molar refractivity (Wildman–Crippen MR) is 62.6 cm³/mol. The van der Waals surface area contributed by atoms with Crippen LogP contribution in [0.3, 0.4) is 0 Å². The van der Waals surface area contributed by atoms with E-state index in [2.05, 4.69) is 39.4 Å². The fourth-order valence-corrected chi connectivity index (χ4v) is 2.84. The van der Waals surface area contributed by atoms with Crippen LogP contribution in [0.1, 0.15) is 24.8 Å². The molecule has 1 saturated carbocycles. The molecule has 1 aromatic carbocycles. The van der Waals surface area contributed by atoms with E-state index in [4.69, 9.17) is 0 Å². The summed E-state index contributed by atoms with van der Waals surface area (Å²) in [5.74, 6) is 0.932. The summed E-state index contributed by atoms with van der Waals surface area (Å²) in [5, 5.41) is 3.65. The van der Waals surface area contributed by atoms with Gasteiger partial charge in [0.25, 0.3) is 0 Å². The maximum atomic E-state index is 3.65. The van der Waals surface area contributed by atoms with Crippen LogP contribution in [0.25, 0.3) is 0 Å². The number of hydrogen-bond acceptors (Lipinski definition) is 1. The van der Waals surface area contributed by atoms with E-state index < -0.39 is 0 Å². The third kappa shape index (κ3) is 1.36. The quantitative estimate of drug-likeness (QED) is 0.805. The van der Waals surface area contributed by atoms with Crippen molar-refractivity contribution in [3.63, 3.8) is 0 Å². The van der Waals surface area contributed by atoms with Crippen LogP contribution in [0, 0.1) is 5.92 Å². The van der Waals surface area contributed by atoms with E-state index in [1.165, 1.54) is 41.4 Å². The Balaban J connectivity index is 1.82. The van der Waals surface area contributed by atoms with Crippen LogP contribution in [-0.2, 0) is 6.42 Å². The standard InChI is InChI=1S/C12H14BrN/c13-10-5-4-9-6-11(8-2-1-3-8)14-12(9)7-10/h4-5,7-8,11,14H,1-3,6H2. The largest absolute Gasteiger partial charge is 0.381 e. The Hall–Kier alpha value is -0.500. The zero-order chi connectivity index (χ0) is 9.54. The molecule has 1 aliphatic heterocycles. The zero-order valence-electron chi connectivity index (χ0n) is 8.09. The fraction of sp³-hybridized carbons (Fsp3) is 0.500. The number of halogens is 1. The third-order valence-corrected chi connectivity index (χ3v) is 4.06. The number of fused-ring (bicyclic) bond motifs is 1. The zero-order valence-corrected chi connectivity index (χ0v) is 9.68. The van der Waals surface area contributed by atoms with Crippen molar-refractivity contribution < 1.29 is 0 Å². The monoisotopic (exact) mass is 251 g/mol. The van der Waals surface area contributed by atoms with Crippen LogP contribution in [0.4, 0.5) is 5.69 Å². The van der Waals surface area contributed by atoms with Crippen LogP contribution in [0.2, 0.25) is 0 Å². The molecule has 1 atom stereocenters. The Morgan fingerprint density at radius 3 is 2.86 bits per heavy atom. The molecule has 0 bridgehead atoms. The Kier molecular flexibility index (Phi) is 2.05. The van der Waals surface area contributed by atoms with E-state index in [0.29, 0.717) is 6.04 Å². The fourth-order valence-electron chi connectivity index (χ4n) is 2.48. The van der Waals surface area contributed by atoms with Gasteiger partial charge >= 0.3 is 0 Å². The number of rotatable bonds is 1. The molecule has 0 aromatic heterocycles. The number of hydrogen-bond donors (Lipinski definition) is 1. The minimum atomic E-state index is 0.716. The van der Waals surface area contributed by atoms with Crippen molar-refractivity contribution in [1.29, 1.82) is 0 Å². The molecular formula is C12H14BrN. The van der Waals surface area contributed by atoms with Crippen LogP contribution >= 0.6 is 15.9 Å². The van der Waals surface area contributed by atoms with Gasteiger partial charge in [-0.1, -0.05) is 28.4 Å². The lowest BCUT2D eigenvalue weighted by Crippen LogP contribution is -2.31. The lowest BCUT2D eigenvalue weighted by atomic mass is 9.79. The van der Waals surface area contributed by atoms with Gasteiger partial charge in [-0.2, -0.15) is 0 Å². The molecule has 1 nitrogen and oxygen atoms in total. The highest BCUT2D eigenvalue weighted by molar-refractivity contribution is 9.10. The van der Waals surface area contributed by atoms with Gasteiger partial charge in [0.1, 0.15) is 0 Å². The summed E-state index contributed by atoms with van der Waals surface area (Å²) in [6, 6.07) is 7.30. The molecule has 1 heterocycles. The molecule has 0 spiro atoms. The van der Waals surface area contributed by atoms with Crippen molar-refractivity contribution in [1.82, 2.24) is 0 Å². The van der Waals surface area contributed by atoms with Crippen LogP contribution in [-0.4, -0.2) is 6.04 Å². The Bertz CT molecular complexity index is 357. The maximum absolute atomic E-state index is 3.65. The molecule has 74 valence electrons. The topological polar surface area (TPSA) is 12.0 Å². The predicted octanol–water partition coefficient (Wildman–Crippen LogP) is 3.59. The highest BCUT2D eigenvalue weighted by Crippen LogP contribution is 2.38. The number of anilines is 1. The molecule has 2 heteroatoms. The van der Waals surface area contributed by atoms with E-state index in [9.17, 15) is 0 Å². The van der Waals surface area contributed by atoms with Gasteiger partial charge < -0.3 is 5.32 Å². The van der Waals surface area contributed by atoms with Gasteiger partial charge in [0.15, 0.2) is 0 Å². The lowest BCUT2D eigenvalue weighted by Gasteiger charge is -2.31. The second-order valence-electron chi connectivity index (χ2n) is 4.45. The van der Waals surface area contributed by atoms with E-state index in [1.807, 2.05) is 0 Å². The SMILES string of the molecule is Brc1ccc2c(c1)NC(C1CCC1)C2. The first-order chi connectivity index (χ1) is 6.83. The van der Waals surface area contributed by atoms with Crippen molar-refractivity contribution in [2.24, 2.45) is 5.92 Å². The Morgan fingerprint density at radius 1 is 1.29 bits per heavy atom. The van der Waals surface area contributed by atoms with E-state index in [0.717, 1.165) is 5.92 Å². The molecule has 0 amide bonds. The van der Waals surface area contributed by atoms with Gasteiger partial charge in [-0.25, -0.2) is 0 Å². The molecule has 14 heavy (non-hydrogen) atoms. The highest BCUT2D eigenvalue weighted by atomic mass is 79.9. The molecule has 1 N–H and O–H groups in total. The molecule has 1 aliphatic carbocycles. The second-order valence-corrected chi connectivity index (χ2v) is 5.36. The first-order valence-corrected chi connectivity index (χ1v) is 6.17. The van der Waals surface area contributed by atoms with Gasteiger partial charge in [0, 0.05) is 16.2 Å². The molecular weight excluding hydrogens is 238 g/mol. The molecule has 0 saturated heterocycles. The van der Waals surface area contributed by atoms with Crippen molar-refractivity contribution in [2.75, 3.05) is 5.32 Å². The minimum absolute atomic E-state index is 0.716. The Labute approximate surface area is 93.0 Å². The van der Waals surface area contributed by atoms with Gasteiger partial charge in [-0.3, -0.25) is 0 Å². The molecule has 1 fully saturated rings. The summed E-state index contributed by atoms with van der Waals surface area (Å²) in [5.41, 5.74) is 2.83. The van der Waals surface area contributed by atoms with E-state index in [-0.39, 0.29) is 0 Å². The second kappa shape index (κ2) is 3.27. The van der Waals surface area contributed by atoms with Crippen molar-refractivity contribution in [3.8, 4) is 0 Å². The third-order valence-electron chi connectivity index (χ3n) is 3.57. The van der Waals surface area contributed by atoms with Crippen LogP contribution in [0.5, 0.6) is 0 Å². The van der Waals surface area contributed by atoms with Crippen LogP contribution in [0.15, 0.2) is 22.7 Å². The first-order valence-electron chi connectivity index (χ1n) is 5.38. The lowest BCUT2D eigenvalue weighted by molar-refractivity contribution is 0.278. The molecule has 3 rings (SSSR count). The average molecular weight is 252 g/mol. The summed E-state index contributed by atoms with van der Waals surface area (Å²) in [7, 11) is 0. The van der Waals surface area contributed by atoms with Crippen molar-refractivity contribution >= 4 is 21.6 Å². The molecule has 0 radical (unpaired) electrons.